The highest BCUT2D eigenvalue weighted by atomic mass is 32.2. The van der Waals surface area contributed by atoms with Crippen molar-refractivity contribution in [3.63, 3.8) is 0 Å². The molecule has 2 aromatic rings. The highest BCUT2D eigenvalue weighted by Gasteiger charge is 2.37. The molecule has 0 spiro atoms. The topological polar surface area (TPSA) is 61.0 Å². The molecule has 2 aliphatic heterocycles. The Kier molecular flexibility index (Phi) is 4.50. The van der Waals surface area contributed by atoms with E-state index in [0.29, 0.717) is 23.7 Å². The highest BCUT2D eigenvalue weighted by molar-refractivity contribution is 8.00. The number of imidazole rings is 1. The molecule has 2 bridgehead atoms. The Balaban J connectivity index is 1.39. The van der Waals surface area contributed by atoms with Gasteiger partial charge in [-0.15, -0.1) is 11.8 Å². The third-order valence-corrected chi connectivity index (χ3v) is 6.33. The minimum absolute atomic E-state index is 0.184. The number of hydrogen-bond donors (Lipinski definition) is 2. The van der Waals surface area contributed by atoms with Crippen LogP contribution >= 0.6 is 11.8 Å². The van der Waals surface area contributed by atoms with Gasteiger partial charge < -0.3 is 15.2 Å². The van der Waals surface area contributed by atoms with Gasteiger partial charge in [0.15, 0.2) is 0 Å². The van der Waals surface area contributed by atoms with Gasteiger partial charge in [0.2, 0.25) is 5.91 Å². The summed E-state index contributed by atoms with van der Waals surface area (Å²) in [5.74, 6) is 1.78. The van der Waals surface area contributed by atoms with Crippen LogP contribution in [0.5, 0.6) is 0 Å². The van der Waals surface area contributed by atoms with Crippen LogP contribution in [0.1, 0.15) is 37.3 Å². The Morgan fingerprint density at radius 3 is 3.04 bits per heavy atom. The monoisotopic (exact) mass is 344 g/mol. The lowest BCUT2D eigenvalue weighted by atomic mass is 10.1. The minimum Gasteiger partial charge on any atom is -0.341 e. The summed E-state index contributed by atoms with van der Waals surface area (Å²) >= 11 is 1.68. The molecule has 0 saturated carbocycles. The predicted molar refractivity (Wildman–Crippen MR) is 98.1 cm³/mol. The first-order valence-corrected chi connectivity index (χ1v) is 9.85. The van der Waals surface area contributed by atoms with Gasteiger partial charge in [-0.1, -0.05) is 12.1 Å². The maximum Gasteiger partial charge on any atom is 0.233 e. The van der Waals surface area contributed by atoms with Crippen LogP contribution in [0.25, 0.3) is 11.0 Å². The van der Waals surface area contributed by atoms with E-state index in [4.69, 9.17) is 0 Å². The number of thioether (sulfide) groups is 1. The van der Waals surface area contributed by atoms with Gasteiger partial charge in [-0.2, -0.15) is 0 Å². The highest BCUT2D eigenvalue weighted by Crippen LogP contribution is 2.32. The fourth-order valence-corrected chi connectivity index (χ4v) is 4.72. The van der Waals surface area contributed by atoms with Crippen molar-refractivity contribution in [1.29, 1.82) is 0 Å². The molecule has 3 atom stereocenters. The lowest BCUT2D eigenvalue weighted by Crippen LogP contribution is -2.43. The third kappa shape index (κ3) is 3.05. The number of nitrogens with one attached hydrogen (secondary N) is 2. The summed E-state index contributed by atoms with van der Waals surface area (Å²) in [6.07, 6.45) is 3.40. The van der Waals surface area contributed by atoms with Crippen LogP contribution in [-0.4, -0.2) is 51.7 Å². The Morgan fingerprint density at radius 1 is 1.33 bits per heavy atom. The quantitative estimate of drug-likeness (QED) is 0.895. The van der Waals surface area contributed by atoms with Crippen molar-refractivity contribution in [2.75, 3.05) is 18.8 Å². The van der Waals surface area contributed by atoms with Crippen molar-refractivity contribution >= 4 is 28.7 Å². The second-order valence-corrected chi connectivity index (χ2v) is 8.10. The Hall–Kier alpha value is -1.53. The van der Waals surface area contributed by atoms with Crippen molar-refractivity contribution in [2.45, 2.75) is 43.5 Å². The standard InChI is InChI=1S/C18H24N4OS/c1-12(18-20-15-4-2-3-5-16(15)21-18)24-11-17(23)22-13-6-7-14(22)10-19-9-8-13/h2-5,12-14,19H,6-11H2,1H3,(H,20,21). The van der Waals surface area contributed by atoms with Crippen LogP contribution in [0, 0.1) is 0 Å². The van der Waals surface area contributed by atoms with Gasteiger partial charge >= 0.3 is 0 Å². The van der Waals surface area contributed by atoms with Gasteiger partial charge in [-0.25, -0.2) is 4.98 Å². The number of amides is 1. The Bertz CT molecular complexity index is 684. The van der Waals surface area contributed by atoms with Gasteiger partial charge in [0, 0.05) is 18.6 Å². The molecule has 2 aliphatic rings. The molecular formula is C18H24N4OS. The fourth-order valence-electron chi connectivity index (χ4n) is 3.90. The van der Waals surface area contributed by atoms with Gasteiger partial charge in [0.25, 0.3) is 0 Å². The summed E-state index contributed by atoms with van der Waals surface area (Å²) in [5.41, 5.74) is 2.05. The molecule has 1 amide bonds. The maximum atomic E-state index is 12.8. The van der Waals surface area contributed by atoms with Gasteiger partial charge in [0.1, 0.15) is 5.82 Å². The summed E-state index contributed by atoms with van der Waals surface area (Å²) in [6, 6.07) is 8.90. The van der Waals surface area contributed by atoms with Crippen molar-refractivity contribution in [3.8, 4) is 0 Å². The molecule has 24 heavy (non-hydrogen) atoms. The van der Waals surface area contributed by atoms with E-state index in [-0.39, 0.29) is 5.25 Å². The first kappa shape index (κ1) is 16.0. The molecule has 0 radical (unpaired) electrons. The second kappa shape index (κ2) is 6.76. The number of para-hydroxylation sites is 2. The number of rotatable bonds is 4. The molecular weight excluding hydrogens is 320 g/mol. The lowest BCUT2D eigenvalue weighted by Gasteiger charge is -2.28. The van der Waals surface area contributed by atoms with E-state index in [1.54, 1.807) is 11.8 Å². The van der Waals surface area contributed by atoms with Crippen LogP contribution in [0.4, 0.5) is 0 Å². The van der Waals surface area contributed by atoms with Crippen LogP contribution in [0.2, 0.25) is 0 Å². The fraction of sp³-hybridized carbons (Fsp3) is 0.556. The number of carbonyl (C=O) groups is 1. The predicted octanol–water partition coefficient (Wildman–Crippen LogP) is 2.71. The van der Waals surface area contributed by atoms with Crippen LogP contribution in [0.15, 0.2) is 24.3 Å². The maximum absolute atomic E-state index is 12.8. The van der Waals surface area contributed by atoms with Gasteiger partial charge in [-0.05, 0) is 44.9 Å². The first-order chi connectivity index (χ1) is 11.7. The van der Waals surface area contributed by atoms with E-state index in [2.05, 4.69) is 27.1 Å². The molecule has 128 valence electrons. The molecule has 0 aliphatic carbocycles. The van der Waals surface area contributed by atoms with Gasteiger partial charge in [0.05, 0.1) is 22.0 Å². The molecule has 4 rings (SSSR count). The molecule has 3 unspecified atom stereocenters. The first-order valence-electron chi connectivity index (χ1n) is 8.80. The van der Waals surface area contributed by atoms with E-state index in [0.717, 1.165) is 42.8 Å². The van der Waals surface area contributed by atoms with Crippen molar-refractivity contribution in [1.82, 2.24) is 20.2 Å². The molecule has 3 heterocycles. The van der Waals surface area contributed by atoms with Crippen LogP contribution < -0.4 is 5.32 Å². The zero-order valence-corrected chi connectivity index (χ0v) is 14.8. The average molecular weight is 344 g/mol. The van der Waals surface area contributed by atoms with E-state index in [1.807, 2.05) is 24.3 Å². The van der Waals surface area contributed by atoms with Crippen molar-refractivity contribution in [3.05, 3.63) is 30.1 Å². The van der Waals surface area contributed by atoms with Gasteiger partial charge in [-0.3, -0.25) is 4.79 Å². The molecule has 2 fully saturated rings. The summed E-state index contributed by atoms with van der Waals surface area (Å²) < 4.78 is 0. The van der Waals surface area contributed by atoms with Crippen LogP contribution in [0.3, 0.4) is 0 Å². The normalized spacial score (nSPS) is 25.0. The molecule has 5 nitrogen and oxygen atoms in total. The number of fused-ring (bicyclic) bond motifs is 3. The zero-order chi connectivity index (χ0) is 16.5. The van der Waals surface area contributed by atoms with Crippen LogP contribution in [-0.2, 0) is 4.79 Å². The number of hydrogen-bond acceptors (Lipinski definition) is 4. The van der Waals surface area contributed by atoms with E-state index in [9.17, 15) is 4.79 Å². The smallest absolute Gasteiger partial charge is 0.233 e. The summed E-state index contributed by atoms with van der Waals surface area (Å²) in [4.78, 5) is 23.0. The molecule has 2 saturated heterocycles. The largest absolute Gasteiger partial charge is 0.341 e. The summed E-state index contributed by atoms with van der Waals surface area (Å²) in [5, 5.41) is 3.64. The number of aromatic nitrogens is 2. The Labute approximate surface area is 146 Å². The summed E-state index contributed by atoms with van der Waals surface area (Å²) in [7, 11) is 0. The zero-order valence-electron chi connectivity index (χ0n) is 14.0. The number of nitrogens with zero attached hydrogens (tertiary/aromatic N) is 2. The minimum atomic E-state index is 0.184. The molecule has 1 aromatic heterocycles. The Morgan fingerprint density at radius 2 is 2.17 bits per heavy atom. The van der Waals surface area contributed by atoms with E-state index >= 15 is 0 Å². The van der Waals surface area contributed by atoms with Crippen molar-refractivity contribution < 1.29 is 4.79 Å². The number of carbonyl (C=O) groups excluding carboxylic acids is 1. The summed E-state index contributed by atoms with van der Waals surface area (Å²) in [6.45, 7) is 4.10. The van der Waals surface area contributed by atoms with E-state index < -0.39 is 0 Å². The average Bonchev–Trinajstić information content (AvgIpc) is 3.12. The molecule has 2 N–H and O–H groups in total. The third-order valence-electron chi connectivity index (χ3n) is 5.19. The van der Waals surface area contributed by atoms with Crippen molar-refractivity contribution in [2.24, 2.45) is 0 Å². The number of benzene rings is 1. The molecule has 1 aromatic carbocycles. The molecule has 6 heteroatoms. The van der Waals surface area contributed by atoms with E-state index in [1.165, 1.54) is 6.42 Å². The lowest BCUT2D eigenvalue weighted by molar-refractivity contribution is -0.130. The number of H-pyrrole nitrogens is 1. The SMILES string of the molecule is CC(SCC(=O)N1C2CCNCC1CC2)c1nc2ccccc2[nH]1. The number of aromatic amines is 1. The second-order valence-electron chi connectivity index (χ2n) is 6.77.